The van der Waals surface area contributed by atoms with Crippen LogP contribution in [0.15, 0.2) is 30.3 Å². The van der Waals surface area contributed by atoms with E-state index < -0.39 is 0 Å². The summed E-state index contributed by atoms with van der Waals surface area (Å²) >= 11 is 0. The Labute approximate surface area is 110 Å². The minimum Gasteiger partial charge on any atom is -0.356 e. The number of nitrogens with one attached hydrogen (secondary N) is 2. The first-order valence-electron chi connectivity index (χ1n) is 6.49. The van der Waals surface area contributed by atoms with Crippen molar-refractivity contribution < 1.29 is 4.79 Å². The minimum absolute atomic E-state index is 0.116. The van der Waals surface area contributed by atoms with Crippen LogP contribution in [0.4, 0.5) is 0 Å². The van der Waals surface area contributed by atoms with Gasteiger partial charge in [0.25, 0.3) is 0 Å². The third kappa shape index (κ3) is 7.07. The van der Waals surface area contributed by atoms with Gasteiger partial charge in [-0.1, -0.05) is 51.1 Å². The number of carbonyl (C=O) groups is 1. The summed E-state index contributed by atoms with van der Waals surface area (Å²) < 4.78 is 0. The molecule has 18 heavy (non-hydrogen) atoms. The summed E-state index contributed by atoms with van der Waals surface area (Å²) in [6.07, 6.45) is 0.531. The van der Waals surface area contributed by atoms with Crippen LogP contribution < -0.4 is 10.6 Å². The largest absolute Gasteiger partial charge is 0.356 e. The predicted molar refractivity (Wildman–Crippen MR) is 75.2 cm³/mol. The van der Waals surface area contributed by atoms with Gasteiger partial charge in [0.2, 0.25) is 5.91 Å². The van der Waals surface area contributed by atoms with Gasteiger partial charge >= 0.3 is 0 Å². The Morgan fingerprint density at radius 1 is 1.17 bits per heavy atom. The quantitative estimate of drug-likeness (QED) is 0.759. The van der Waals surface area contributed by atoms with Gasteiger partial charge in [-0.25, -0.2) is 0 Å². The first-order valence-corrected chi connectivity index (χ1v) is 6.49. The summed E-state index contributed by atoms with van der Waals surface area (Å²) in [6.45, 7) is 8.59. The molecule has 0 radical (unpaired) electrons. The summed E-state index contributed by atoms with van der Waals surface area (Å²) in [5.74, 6) is 0.116. The molecule has 0 aromatic heterocycles. The van der Waals surface area contributed by atoms with Crippen LogP contribution >= 0.6 is 0 Å². The Hall–Kier alpha value is -1.35. The molecule has 100 valence electrons. The molecule has 1 rings (SSSR count). The van der Waals surface area contributed by atoms with Crippen molar-refractivity contribution in [3.8, 4) is 0 Å². The van der Waals surface area contributed by atoms with Crippen molar-refractivity contribution in [1.29, 1.82) is 0 Å². The monoisotopic (exact) mass is 248 g/mol. The molecule has 1 aromatic carbocycles. The molecule has 3 nitrogen and oxygen atoms in total. The van der Waals surface area contributed by atoms with Gasteiger partial charge in [0.1, 0.15) is 0 Å². The van der Waals surface area contributed by atoms with Crippen LogP contribution in [0.5, 0.6) is 0 Å². The maximum absolute atomic E-state index is 11.5. The normalized spacial score (nSPS) is 11.3. The first-order chi connectivity index (χ1) is 8.47. The Morgan fingerprint density at radius 3 is 2.44 bits per heavy atom. The zero-order valence-electron chi connectivity index (χ0n) is 11.6. The van der Waals surface area contributed by atoms with Crippen LogP contribution in [-0.4, -0.2) is 19.0 Å². The smallest absolute Gasteiger partial charge is 0.221 e. The lowest BCUT2D eigenvalue weighted by Gasteiger charge is -2.18. The fourth-order valence-electron chi connectivity index (χ4n) is 1.48. The molecule has 0 bridgehead atoms. The van der Waals surface area contributed by atoms with E-state index in [-0.39, 0.29) is 11.3 Å². The molecular weight excluding hydrogens is 224 g/mol. The SMILES string of the molecule is CC(C)(C)CNC(=O)CCNCc1ccccc1. The second-order valence-corrected chi connectivity index (χ2v) is 5.75. The zero-order valence-corrected chi connectivity index (χ0v) is 11.6. The van der Waals surface area contributed by atoms with Gasteiger partial charge in [-0.05, 0) is 11.0 Å². The molecule has 1 aromatic rings. The molecule has 3 heteroatoms. The molecule has 0 saturated carbocycles. The maximum Gasteiger partial charge on any atom is 0.221 e. The van der Waals surface area contributed by atoms with E-state index in [4.69, 9.17) is 0 Å². The Balaban J connectivity index is 2.09. The van der Waals surface area contributed by atoms with Crippen molar-refractivity contribution in [3.63, 3.8) is 0 Å². The van der Waals surface area contributed by atoms with Gasteiger partial charge < -0.3 is 10.6 Å². The zero-order chi connectivity index (χ0) is 13.4. The summed E-state index contributed by atoms with van der Waals surface area (Å²) in [6, 6.07) is 10.2. The van der Waals surface area contributed by atoms with Gasteiger partial charge in [0.15, 0.2) is 0 Å². The van der Waals surface area contributed by atoms with Crippen molar-refractivity contribution >= 4 is 5.91 Å². The first kappa shape index (κ1) is 14.7. The average Bonchev–Trinajstić information content (AvgIpc) is 2.33. The molecule has 0 aliphatic rings. The number of hydrogen-bond acceptors (Lipinski definition) is 2. The van der Waals surface area contributed by atoms with E-state index in [1.54, 1.807) is 0 Å². The van der Waals surface area contributed by atoms with Gasteiger partial charge in [0.05, 0.1) is 0 Å². The van der Waals surface area contributed by atoms with Crippen LogP contribution in [-0.2, 0) is 11.3 Å². The molecule has 0 unspecified atom stereocenters. The summed E-state index contributed by atoms with van der Waals surface area (Å²) in [7, 11) is 0. The van der Waals surface area contributed by atoms with Crippen LogP contribution in [0.2, 0.25) is 0 Å². The number of amides is 1. The molecule has 0 aliphatic carbocycles. The van der Waals surface area contributed by atoms with Crippen LogP contribution in [0.1, 0.15) is 32.8 Å². The predicted octanol–water partition coefficient (Wildman–Crippen LogP) is 2.33. The highest BCUT2D eigenvalue weighted by Crippen LogP contribution is 2.10. The highest BCUT2D eigenvalue weighted by atomic mass is 16.1. The number of benzene rings is 1. The van der Waals surface area contributed by atoms with Crippen molar-refractivity contribution in [2.75, 3.05) is 13.1 Å². The molecule has 0 heterocycles. The summed E-state index contributed by atoms with van der Waals surface area (Å²) in [5, 5.41) is 6.21. The Morgan fingerprint density at radius 2 is 1.83 bits per heavy atom. The molecule has 1 amide bonds. The van der Waals surface area contributed by atoms with E-state index >= 15 is 0 Å². The van der Waals surface area contributed by atoms with Crippen LogP contribution in [0.25, 0.3) is 0 Å². The Bertz CT molecular complexity index is 355. The van der Waals surface area contributed by atoms with E-state index in [1.807, 2.05) is 18.2 Å². The fourth-order valence-corrected chi connectivity index (χ4v) is 1.48. The van der Waals surface area contributed by atoms with Gasteiger partial charge in [-0.15, -0.1) is 0 Å². The maximum atomic E-state index is 11.5. The molecule has 0 spiro atoms. The summed E-state index contributed by atoms with van der Waals surface area (Å²) in [4.78, 5) is 11.5. The lowest BCUT2D eigenvalue weighted by atomic mass is 9.97. The summed E-state index contributed by atoms with van der Waals surface area (Å²) in [5.41, 5.74) is 1.39. The van der Waals surface area contributed by atoms with Gasteiger partial charge in [-0.2, -0.15) is 0 Å². The molecule has 0 fully saturated rings. The highest BCUT2D eigenvalue weighted by molar-refractivity contribution is 5.76. The third-order valence-electron chi connectivity index (χ3n) is 2.52. The standard InChI is InChI=1S/C15H24N2O/c1-15(2,3)12-17-14(18)9-10-16-11-13-7-5-4-6-8-13/h4-8,16H,9-12H2,1-3H3,(H,17,18). The van der Waals surface area contributed by atoms with Crippen LogP contribution in [0, 0.1) is 5.41 Å². The number of hydrogen-bond donors (Lipinski definition) is 2. The third-order valence-corrected chi connectivity index (χ3v) is 2.52. The molecule has 0 saturated heterocycles. The van der Waals surface area contributed by atoms with Crippen molar-refractivity contribution in [2.45, 2.75) is 33.7 Å². The van der Waals surface area contributed by atoms with E-state index in [1.165, 1.54) is 5.56 Å². The fraction of sp³-hybridized carbons (Fsp3) is 0.533. The van der Waals surface area contributed by atoms with E-state index in [2.05, 4.69) is 43.5 Å². The minimum atomic E-state index is 0.116. The van der Waals surface area contributed by atoms with E-state index in [0.29, 0.717) is 13.0 Å². The molecular formula is C15H24N2O. The van der Waals surface area contributed by atoms with Crippen molar-refractivity contribution in [2.24, 2.45) is 5.41 Å². The lowest BCUT2D eigenvalue weighted by molar-refractivity contribution is -0.121. The van der Waals surface area contributed by atoms with Gasteiger partial charge in [0, 0.05) is 26.1 Å². The molecule has 0 atom stereocenters. The lowest BCUT2D eigenvalue weighted by Crippen LogP contribution is -2.33. The second-order valence-electron chi connectivity index (χ2n) is 5.75. The average molecular weight is 248 g/mol. The van der Waals surface area contributed by atoms with Crippen molar-refractivity contribution in [3.05, 3.63) is 35.9 Å². The Kier molecular flexibility index (Phi) is 5.86. The number of carbonyl (C=O) groups excluding carboxylic acids is 1. The van der Waals surface area contributed by atoms with Crippen molar-refractivity contribution in [1.82, 2.24) is 10.6 Å². The second kappa shape index (κ2) is 7.17. The van der Waals surface area contributed by atoms with Crippen LogP contribution in [0.3, 0.4) is 0 Å². The topological polar surface area (TPSA) is 41.1 Å². The molecule has 0 aliphatic heterocycles. The van der Waals surface area contributed by atoms with Gasteiger partial charge in [-0.3, -0.25) is 4.79 Å². The van der Waals surface area contributed by atoms with E-state index in [0.717, 1.165) is 13.1 Å². The molecule has 2 N–H and O–H groups in total. The number of rotatable bonds is 6. The van der Waals surface area contributed by atoms with E-state index in [9.17, 15) is 4.79 Å². The highest BCUT2D eigenvalue weighted by Gasteiger charge is 2.11.